The molecule has 0 aromatic heterocycles. The van der Waals surface area contributed by atoms with Crippen LogP contribution in [0.4, 0.5) is 8.78 Å². The Morgan fingerprint density at radius 2 is 1.49 bits per heavy atom. The lowest BCUT2D eigenvalue weighted by atomic mass is 10.2. The molecule has 2 amide bonds. The highest BCUT2D eigenvalue weighted by atomic mass is 35.5. The summed E-state index contributed by atoms with van der Waals surface area (Å²) in [5, 5.41) is 16.3. The molecule has 3 rings (SSSR count). The summed E-state index contributed by atoms with van der Waals surface area (Å²) in [7, 11) is 0. The Morgan fingerprint density at radius 3 is 1.88 bits per heavy atom. The first-order valence-corrected chi connectivity index (χ1v) is 16.0. The monoisotopic (exact) mass is 678 g/mol. The van der Waals surface area contributed by atoms with E-state index in [0.717, 1.165) is 48.2 Å². The van der Waals surface area contributed by atoms with E-state index in [1.165, 1.54) is 36.2 Å². The summed E-state index contributed by atoms with van der Waals surface area (Å²) in [4.78, 5) is 23.3. The van der Waals surface area contributed by atoms with Gasteiger partial charge in [0.15, 0.2) is 0 Å². The topological polar surface area (TPSA) is 162 Å². The van der Waals surface area contributed by atoms with E-state index in [4.69, 9.17) is 44.9 Å². The van der Waals surface area contributed by atoms with Gasteiger partial charge in [-0.3, -0.25) is 19.9 Å². The standard InChI is InChI=1S/C13H15ClFN3OS.C8H7ClFNO.C6H14N2S.C2H6/c14-9-2-1-3-10(15)8(9)6-18-13(19)12(20-17)11(16)7-4-5-7;9-7-2-1-3-8(10)6(7)4-11-5-12;1-3-4-6(7)5(2)9-8;1-2/h1-3,7H,4-6,16-17H2,(H,18,19);1-3,5H,4H2,(H,11,12);3-4,7-8H2,1-2H3;1-2H3/b12-11-;;6-5-;. The summed E-state index contributed by atoms with van der Waals surface area (Å²) in [5.74, 6) is -1.03. The largest absolute Gasteiger partial charge is 0.401 e. The van der Waals surface area contributed by atoms with E-state index < -0.39 is 17.5 Å². The zero-order valence-electron chi connectivity index (χ0n) is 24.8. The van der Waals surface area contributed by atoms with Crippen LogP contribution in [0.25, 0.3) is 0 Å². The van der Waals surface area contributed by atoms with Gasteiger partial charge >= 0.3 is 0 Å². The van der Waals surface area contributed by atoms with Gasteiger partial charge in [-0.05, 0) is 68.3 Å². The Kier molecular flexibility index (Phi) is 21.7. The number of allylic oxidation sites excluding steroid dienone is 3. The number of carbonyl (C=O) groups is 2. The number of amides is 2. The molecular weight excluding hydrogens is 637 g/mol. The number of nitrogens with two attached hydrogens (primary N) is 4. The molecule has 1 aliphatic rings. The molecular formula is C29H42Cl2F2N6O2S2. The molecule has 2 aromatic carbocycles. The summed E-state index contributed by atoms with van der Waals surface area (Å²) < 4.78 is 26.5. The molecule has 1 aliphatic carbocycles. The van der Waals surface area contributed by atoms with E-state index in [-0.39, 0.29) is 29.6 Å². The van der Waals surface area contributed by atoms with E-state index in [1.54, 1.807) is 12.1 Å². The molecule has 0 spiro atoms. The van der Waals surface area contributed by atoms with Gasteiger partial charge in [-0.25, -0.2) is 8.78 Å². The minimum Gasteiger partial charge on any atom is -0.401 e. The summed E-state index contributed by atoms with van der Waals surface area (Å²) in [6.07, 6.45) is 4.49. The highest BCUT2D eigenvalue weighted by molar-refractivity contribution is 8.01. The predicted octanol–water partition coefficient (Wildman–Crippen LogP) is 6.62. The average Bonchev–Trinajstić information content (AvgIpc) is 3.84. The number of benzene rings is 2. The molecule has 0 saturated heterocycles. The highest BCUT2D eigenvalue weighted by Crippen LogP contribution is 2.36. The van der Waals surface area contributed by atoms with E-state index in [9.17, 15) is 18.4 Å². The third-order valence-corrected chi connectivity index (χ3v) is 7.64. The maximum Gasteiger partial charge on any atom is 0.261 e. The van der Waals surface area contributed by atoms with Gasteiger partial charge in [0.2, 0.25) is 6.41 Å². The van der Waals surface area contributed by atoms with Gasteiger partial charge in [0.05, 0.1) is 0 Å². The van der Waals surface area contributed by atoms with Crippen LogP contribution in [0.15, 0.2) is 57.6 Å². The van der Waals surface area contributed by atoms with Crippen LogP contribution in [0.2, 0.25) is 10.0 Å². The van der Waals surface area contributed by atoms with Crippen LogP contribution >= 0.6 is 47.1 Å². The predicted molar refractivity (Wildman–Crippen MR) is 178 cm³/mol. The second kappa shape index (κ2) is 23.0. The maximum absolute atomic E-state index is 13.6. The van der Waals surface area contributed by atoms with Crippen molar-refractivity contribution in [2.24, 2.45) is 27.7 Å². The van der Waals surface area contributed by atoms with Crippen molar-refractivity contribution >= 4 is 59.4 Å². The quantitative estimate of drug-likeness (QED) is 0.0878. The van der Waals surface area contributed by atoms with E-state index in [0.29, 0.717) is 27.6 Å². The summed E-state index contributed by atoms with van der Waals surface area (Å²) >= 11 is 13.6. The first-order valence-electron chi connectivity index (χ1n) is 13.5. The molecule has 10 N–H and O–H groups in total. The van der Waals surface area contributed by atoms with Gasteiger partial charge < -0.3 is 22.1 Å². The third-order valence-electron chi connectivity index (χ3n) is 5.66. The Bertz CT molecular complexity index is 1190. The molecule has 0 aliphatic heterocycles. The first-order chi connectivity index (χ1) is 20.5. The lowest BCUT2D eigenvalue weighted by molar-refractivity contribution is -0.117. The molecule has 43 heavy (non-hydrogen) atoms. The molecule has 14 heteroatoms. The molecule has 0 heterocycles. The molecule has 0 atom stereocenters. The molecule has 0 unspecified atom stereocenters. The van der Waals surface area contributed by atoms with Crippen molar-refractivity contribution < 1.29 is 18.4 Å². The van der Waals surface area contributed by atoms with Crippen LogP contribution in [0.1, 0.15) is 64.5 Å². The zero-order chi connectivity index (χ0) is 32.9. The third kappa shape index (κ3) is 15.2. The summed E-state index contributed by atoms with van der Waals surface area (Å²) in [6, 6.07) is 8.76. The fourth-order valence-electron chi connectivity index (χ4n) is 3.15. The van der Waals surface area contributed by atoms with Crippen LogP contribution < -0.4 is 32.4 Å². The second-order valence-electron chi connectivity index (χ2n) is 8.71. The van der Waals surface area contributed by atoms with Crippen LogP contribution in [-0.2, 0) is 22.7 Å². The van der Waals surface area contributed by atoms with Crippen LogP contribution in [0, 0.1) is 17.6 Å². The van der Waals surface area contributed by atoms with E-state index in [2.05, 4.69) is 17.6 Å². The average molecular weight is 680 g/mol. The minimum absolute atomic E-state index is 0.00759. The van der Waals surface area contributed by atoms with Gasteiger partial charge in [-0.2, -0.15) is 0 Å². The number of hydrogen-bond donors (Lipinski definition) is 6. The normalized spacial score (nSPS) is 12.9. The molecule has 8 nitrogen and oxygen atoms in total. The Labute approximate surface area is 272 Å². The fraction of sp³-hybridized carbons (Fsp3) is 0.379. The Balaban J connectivity index is 0.000000655. The van der Waals surface area contributed by atoms with Crippen molar-refractivity contribution in [1.29, 1.82) is 0 Å². The van der Waals surface area contributed by atoms with Gasteiger partial charge in [0, 0.05) is 50.6 Å². The number of halogens is 4. The van der Waals surface area contributed by atoms with Crippen LogP contribution in [0.5, 0.6) is 0 Å². The van der Waals surface area contributed by atoms with Gasteiger partial charge in [0.1, 0.15) is 16.5 Å². The Morgan fingerprint density at radius 1 is 0.977 bits per heavy atom. The molecule has 2 aromatic rings. The van der Waals surface area contributed by atoms with Crippen molar-refractivity contribution in [2.75, 3.05) is 0 Å². The van der Waals surface area contributed by atoms with Crippen molar-refractivity contribution in [3.8, 4) is 0 Å². The summed E-state index contributed by atoms with van der Waals surface area (Å²) in [5.41, 5.74) is 13.5. The lowest BCUT2D eigenvalue weighted by Gasteiger charge is -2.11. The first kappa shape index (κ1) is 40.5. The maximum atomic E-state index is 13.6. The molecule has 1 fully saturated rings. The van der Waals surface area contributed by atoms with Crippen molar-refractivity contribution in [1.82, 2.24) is 10.6 Å². The lowest BCUT2D eigenvalue weighted by Crippen LogP contribution is -2.27. The van der Waals surface area contributed by atoms with Crippen LogP contribution in [0.3, 0.4) is 0 Å². The van der Waals surface area contributed by atoms with E-state index >= 15 is 0 Å². The zero-order valence-corrected chi connectivity index (χ0v) is 28.0. The second-order valence-corrected chi connectivity index (χ2v) is 11.0. The Hall–Kier alpha value is -2.48. The molecule has 0 bridgehead atoms. The van der Waals surface area contributed by atoms with Gasteiger partial charge in [-0.15, -0.1) is 0 Å². The number of hydrogen-bond acceptors (Lipinski definition) is 8. The number of carbonyl (C=O) groups excluding carboxylic acids is 2. The smallest absolute Gasteiger partial charge is 0.261 e. The summed E-state index contributed by atoms with van der Waals surface area (Å²) in [6.45, 7) is 8.15. The van der Waals surface area contributed by atoms with Crippen molar-refractivity contribution in [3.63, 3.8) is 0 Å². The molecule has 1 saturated carbocycles. The number of nitrogens with one attached hydrogen (secondary N) is 2. The number of rotatable bonds is 11. The van der Waals surface area contributed by atoms with E-state index in [1.807, 2.05) is 20.8 Å². The van der Waals surface area contributed by atoms with Crippen LogP contribution in [-0.4, -0.2) is 12.3 Å². The minimum atomic E-state index is -0.459. The van der Waals surface area contributed by atoms with Crippen molar-refractivity contribution in [2.45, 2.75) is 66.5 Å². The van der Waals surface area contributed by atoms with Gasteiger partial charge in [0.25, 0.3) is 5.91 Å². The fourth-order valence-corrected chi connectivity index (χ4v) is 4.34. The van der Waals surface area contributed by atoms with Gasteiger partial charge in [-0.1, -0.05) is 74.5 Å². The molecule has 240 valence electrons. The SMILES string of the molecule is CC.CCC/C(N)=C(\C)SN.NS/C(C(=O)NCc1c(F)cccc1Cl)=C(\N)C1CC1.O=CNCc1c(F)cccc1Cl. The molecule has 0 radical (unpaired) electrons. The van der Waals surface area contributed by atoms with Crippen molar-refractivity contribution in [3.05, 3.63) is 90.4 Å². The highest BCUT2D eigenvalue weighted by Gasteiger charge is 2.29.